The molecule has 5 rings (SSSR count). The summed E-state index contributed by atoms with van der Waals surface area (Å²) in [6, 6.07) is 14.3. The lowest BCUT2D eigenvalue weighted by molar-refractivity contribution is 0.100. The Morgan fingerprint density at radius 1 is 1.03 bits per heavy atom. The highest BCUT2D eigenvalue weighted by molar-refractivity contribution is 7.17. The highest BCUT2D eigenvalue weighted by Crippen LogP contribution is 2.38. The monoisotopic (exact) mass is 495 g/mol. The number of primary amides is 1. The largest absolute Gasteiger partial charge is 0.365 e. The molecule has 0 atom stereocenters. The third kappa shape index (κ3) is 4.10. The number of nitrogens with zero attached hydrogens (tertiary/aromatic N) is 1. The van der Waals surface area contributed by atoms with Crippen molar-refractivity contribution < 1.29 is 9.59 Å². The fourth-order valence-electron chi connectivity index (χ4n) is 4.28. The number of pyridine rings is 1. The third-order valence-electron chi connectivity index (χ3n) is 5.81. The molecule has 0 radical (unpaired) electrons. The van der Waals surface area contributed by atoms with Crippen molar-refractivity contribution in [3.63, 3.8) is 0 Å². The van der Waals surface area contributed by atoms with E-state index < -0.39 is 5.91 Å². The number of nitrogens with one attached hydrogen (secondary N) is 1. The summed E-state index contributed by atoms with van der Waals surface area (Å²) in [7, 11) is 0. The van der Waals surface area contributed by atoms with Gasteiger partial charge in [0.2, 0.25) is 0 Å². The Morgan fingerprint density at radius 3 is 2.61 bits per heavy atom. The quantitative estimate of drug-likeness (QED) is 0.338. The lowest BCUT2D eigenvalue weighted by atomic mass is 9.95. The smallest absolute Gasteiger partial charge is 0.257 e. The molecule has 2 amide bonds. The third-order valence-corrected chi connectivity index (χ3v) is 7.57. The summed E-state index contributed by atoms with van der Waals surface area (Å²) in [5.74, 6) is -0.848. The van der Waals surface area contributed by atoms with Crippen molar-refractivity contribution in [1.82, 2.24) is 4.98 Å². The second kappa shape index (κ2) is 8.78. The Hall–Kier alpha value is -2.93. The van der Waals surface area contributed by atoms with Crippen molar-refractivity contribution in [2.24, 2.45) is 5.73 Å². The molecule has 0 spiro atoms. The topological polar surface area (TPSA) is 85.1 Å². The molecule has 4 aromatic rings. The SMILES string of the molecule is NC(=O)c1c(NC(=O)c2cc(-c3ccc(Cl)cc3Cl)nc3ccccc23)sc2c1CCCC2. The number of benzene rings is 2. The molecular weight excluding hydrogens is 477 g/mol. The molecule has 0 bridgehead atoms. The number of thiophene rings is 1. The highest BCUT2D eigenvalue weighted by Gasteiger charge is 2.26. The molecule has 8 heteroatoms. The van der Waals surface area contributed by atoms with E-state index in [1.54, 1.807) is 24.3 Å². The van der Waals surface area contributed by atoms with Gasteiger partial charge in [0.25, 0.3) is 11.8 Å². The maximum Gasteiger partial charge on any atom is 0.257 e. The molecule has 2 aromatic heterocycles. The first-order valence-electron chi connectivity index (χ1n) is 10.5. The van der Waals surface area contributed by atoms with Crippen LogP contribution in [0.3, 0.4) is 0 Å². The second-order valence-corrected chi connectivity index (χ2v) is 9.88. The predicted octanol–water partition coefficient (Wildman–Crippen LogP) is 6.50. The van der Waals surface area contributed by atoms with E-state index in [9.17, 15) is 9.59 Å². The molecule has 2 aromatic carbocycles. The zero-order valence-corrected chi connectivity index (χ0v) is 19.8. The molecule has 2 heterocycles. The lowest BCUT2D eigenvalue weighted by Crippen LogP contribution is -2.19. The van der Waals surface area contributed by atoms with Crippen LogP contribution < -0.4 is 11.1 Å². The summed E-state index contributed by atoms with van der Waals surface area (Å²) in [5, 5.41) is 5.12. The van der Waals surface area contributed by atoms with Crippen molar-refractivity contribution in [3.05, 3.63) is 80.1 Å². The van der Waals surface area contributed by atoms with Gasteiger partial charge in [0.1, 0.15) is 5.00 Å². The first-order valence-corrected chi connectivity index (χ1v) is 12.1. The molecule has 1 aliphatic carbocycles. The van der Waals surface area contributed by atoms with Crippen molar-refractivity contribution in [2.75, 3.05) is 5.32 Å². The summed E-state index contributed by atoms with van der Waals surface area (Å²) < 4.78 is 0. The van der Waals surface area contributed by atoms with E-state index in [4.69, 9.17) is 33.9 Å². The van der Waals surface area contributed by atoms with E-state index in [1.165, 1.54) is 11.3 Å². The lowest BCUT2D eigenvalue weighted by Gasteiger charge is -2.12. The van der Waals surface area contributed by atoms with Gasteiger partial charge in [-0.25, -0.2) is 4.98 Å². The van der Waals surface area contributed by atoms with Crippen LogP contribution in [0.15, 0.2) is 48.5 Å². The average molecular weight is 496 g/mol. The molecule has 1 aliphatic rings. The number of rotatable bonds is 4. The maximum absolute atomic E-state index is 13.5. The van der Waals surface area contributed by atoms with E-state index in [1.807, 2.05) is 24.3 Å². The molecule has 0 unspecified atom stereocenters. The fourth-order valence-corrected chi connectivity index (χ4v) is 6.08. The van der Waals surface area contributed by atoms with Gasteiger partial charge >= 0.3 is 0 Å². The molecule has 33 heavy (non-hydrogen) atoms. The van der Waals surface area contributed by atoms with Crippen molar-refractivity contribution >= 4 is 62.3 Å². The molecule has 0 saturated heterocycles. The summed E-state index contributed by atoms with van der Waals surface area (Å²) >= 11 is 13.9. The van der Waals surface area contributed by atoms with Gasteiger partial charge in [-0.15, -0.1) is 11.3 Å². The molecule has 0 saturated carbocycles. The van der Waals surface area contributed by atoms with Crippen LogP contribution in [-0.2, 0) is 12.8 Å². The zero-order chi connectivity index (χ0) is 23.1. The summed E-state index contributed by atoms with van der Waals surface area (Å²) in [4.78, 5) is 31.6. The molecule has 166 valence electrons. The van der Waals surface area contributed by atoms with Gasteiger partial charge in [0, 0.05) is 20.8 Å². The number of hydrogen-bond acceptors (Lipinski definition) is 4. The Balaban J connectivity index is 1.61. The van der Waals surface area contributed by atoms with E-state index in [-0.39, 0.29) is 5.91 Å². The predicted molar refractivity (Wildman–Crippen MR) is 135 cm³/mol. The Bertz CT molecular complexity index is 1430. The van der Waals surface area contributed by atoms with Crippen LogP contribution in [-0.4, -0.2) is 16.8 Å². The van der Waals surface area contributed by atoms with Gasteiger partial charge in [-0.05, 0) is 61.6 Å². The molecular formula is C25H19Cl2N3O2S. The van der Waals surface area contributed by atoms with Gasteiger partial charge in [-0.2, -0.15) is 0 Å². The van der Waals surface area contributed by atoms with Crippen LogP contribution in [0.5, 0.6) is 0 Å². The van der Waals surface area contributed by atoms with Crippen LogP contribution in [0.4, 0.5) is 5.00 Å². The van der Waals surface area contributed by atoms with Crippen LogP contribution in [0.25, 0.3) is 22.2 Å². The minimum atomic E-state index is -0.516. The standard InChI is InChI=1S/C25H19Cl2N3O2S/c26-13-9-10-15(18(27)11-13)20-12-17(14-5-1-3-7-19(14)29-20)24(32)30-25-22(23(28)31)16-6-2-4-8-21(16)33-25/h1,3,5,7,9-12H,2,4,6,8H2,(H2,28,31)(H,30,32). The molecule has 0 fully saturated rings. The van der Waals surface area contributed by atoms with Crippen molar-refractivity contribution in [2.45, 2.75) is 25.7 Å². The number of fused-ring (bicyclic) bond motifs is 2. The number of amides is 2. The average Bonchev–Trinajstić information content (AvgIpc) is 3.16. The normalized spacial score (nSPS) is 13.0. The van der Waals surface area contributed by atoms with Crippen LogP contribution in [0.1, 0.15) is 44.0 Å². The first-order chi connectivity index (χ1) is 15.9. The number of para-hydroxylation sites is 1. The number of carbonyl (C=O) groups excluding carboxylic acids is 2. The van der Waals surface area contributed by atoms with E-state index in [0.717, 1.165) is 36.1 Å². The number of aryl methyl sites for hydroxylation is 1. The van der Waals surface area contributed by atoms with Crippen LogP contribution in [0, 0.1) is 0 Å². The Labute approximate surface area is 204 Å². The Kier molecular flexibility index (Phi) is 5.83. The maximum atomic E-state index is 13.5. The number of carbonyl (C=O) groups is 2. The first kappa shape index (κ1) is 21.9. The van der Waals surface area contributed by atoms with Crippen LogP contribution in [0.2, 0.25) is 10.0 Å². The number of nitrogens with two attached hydrogens (primary N) is 1. The number of anilines is 1. The summed E-state index contributed by atoms with van der Waals surface area (Å²) in [5.41, 5.74) is 9.43. The molecule has 3 N–H and O–H groups in total. The Morgan fingerprint density at radius 2 is 1.82 bits per heavy atom. The minimum absolute atomic E-state index is 0.332. The van der Waals surface area contributed by atoms with Crippen molar-refractivity contribution in [3.8, 4) is 11.3 Å². The second-order valence-electron chi connectivity index (χ2n) is 7.93. The fraction of sp³-hybridized carbons (Fsp3) is 0.160. The van der Waals surface area contributed by atoms with Gasteiger partial charge in [0.15, 0.2) is 0 Å². The highest BCUT2D eigenvalue weighted by atomic mass is 35.5. The number of hydrogen-bond donors (Lipinski definition) is 2. The van der Waals surface area contributed by atoms with E-state index in [0.29, 0.717) is 48.3 Å². The van der Waals surface area contributed by atoms with Gasteiger partial charge in [-0.3, -0.25) is 9.59 Å². The zero-order valence-electron chi connectivity index (χ0n) is 17.5. The van der Waals surface area contributed by atoms with Gasteiger partial charge in [0.05, 0.1) is 27.4 Å². The summed E-state index contributed by atoms with van der Waals surface area (Å²) in [6.07, 6.45) is 3.78. The molecule has 0 aliphatic heterocycles. The van der Waals surface area contributed by atoms with E-state index in [2.05, 4.69) is 5.32 Å². The minimum Gasteiger partial charge on any atom is -0.365 e. The van der Waals surface area contributed by atoms with E-state index >= 15 is 0 Å². The number of aromatic nitrogens is 1. The van der Waals surface area contributed by atoms with Crippen molar-refractivity contribution in [1.29, 1.82) is 0 Å². The molecule has 5 nitrogen and oxygen atoms in total. The van der Waals surface area contributed by atoms with Gasteiger partial charge in [-0.1, -0.05) is 41.4 Å². The van der Waals surface area contributed by atoms with Gasteiger partial charge < -0.3 is 11.1 Å². The summed E-state index contributed by atoms with van der Waals surface area (Å²) in [6.45, 7) is 0. The number of halogens is 2. The van der Waals surface area contributed by atoms with Crippen LogP contribution >= 0.6 is 34.5 Å².